The van der Waals surface area contributed by atoms with Gasteiger partial charge in [0.1, 0.15) is 0 Å². The van der Waals surface area contributed by atoms with Crippen LogP contribution in [0.5, 0.6) is 0 Å². The molecule has 0 N–H and O–H groups in total. The standard InChI is InChI=1S/C12H19IO4/c1-2-15-10(14)11(9-13)3-5-12(6-4-11)16-7-8-17-12/h2-9H2,1H3. The molecule has 0 aromatic carbocycles. The molecule has 1 saturated heterocycles. The van der Waals surface area contributed by atoms with Crippen molar-refractivity contribution in [3.63, 3.8) is 0 Å². The summed E-state index contributed by atoms with van der Waals surface area (Å²) in [6, 6.07) is 0. The van der Waals surface area contributed by atoms with Gasteiger partial charge in [0.05, 0.1) is 25.2 Å². The molecule has 17 heavy (non-hydrogen) atoms. The molecule has 0 aromatic heterocycles. The molecule has 0 bridgehead atoms. The molecule has 2 fully saturated rings. The Morgan fingerprint density at radius 2 is 1.82 bits per heavy atom. The maximum Gasteiger partial charge on any atom is 0.312 e. The van der Waals surface area contributed by atoms with E-state index in [1.165, 1.54) is 0 Å². The van der Waals surface area contributed by atoms with Crippen molar-refractivity contribution < 1.29 is 19.0 Å². The van der Waals surface area contributed by atoms with Gasteiger partial charge in [-0.25, -0.2) is 0 Å². The van der Waals surface area contributed by atoms with E-state index in [0.29, 0.717) is 19.8 Å². The summed E-state index contributed by atoms with van der Waals surface area (Å²) in [4.78, 5) is 12.0. The van der Waals surface area contributed by atoms with E-state index in [2.05, 4.69) is 22.6 Å². The predicted octanol–water partition coefficient (Wildman–Crippen LogP) is 2.29. The van der Waals surface area contributed by atoms with Gasteiger partial charge in [-0.2, -0.15) is 0 Å². The Balaban J connectivity index is 2.01. The number of halogens is 1. The van der Waals surface area contributed by atoms with Crippen LogP contribution in [0.3, 0.4) is 0 Å². The average molecular weight is 354 g/mol. The van der Waals surface area contributed by atoms with Crippen LogP contribution in [0.25, 0.3) is 0 Å². The highest BCUT2D eigenvalue weighted by atomic mass is 127. The fourth-order valence-electron chi connectivity index (χ4n) is 2.57. The van der Waals surface area contributed by atoms with Crippen LogP contribution in [0.15, 0.2) is 0 Å². The van der Waals surface area contributed by atoms with Gasteiger partial charge in [0.25, 0.3) is 0 Å². The SMILES string of the molecule is CCOC(=O)C1(CI)CCC2(CC1)OCCO2. The van der Waals surface area contributed by atoms with E-state index >= 15 is 0 Å². The quantitative estimate of drug-likeness (QED) is 0.443. The molecule has 0 unspecified atom stereocenters. The van der Waals surface area contributed by atoms with Crippen LogP contribution in [0.2, 0.25) is 0 Å². The van der Waals surface area contributed by atoms with Crippen LogP contribution in [0.4, 0.5) is 0 Å². The van der Waals surface area contributed by atoms with Gasteiger partial charge in [-0.3, -0.25) is 4.79 Å². The summed E-state index contributed by atoms with van der Waals surface area (Å²) in [5, 5.41) is 0. The lowest BCUT2D eigenvalue weighted by Gasteiger charge is -2.41. The minimum Gasteiger partial charge on any atom is -0.466 e. The molecule has 1 aliphatic heterocycles. The Hall–Kier alpha value is 0.120. The van der Waals surface area contributed by atoms with E-state index in [4.69, 9.17) is 14.2 Å². The van der Waals surface area contributed by atoms with Crippen molar-refractivity contribution in [1.82, 2.24) is 0 Å². The van der Waals surface area contributed by atoms with E-state index < -0.39 is 5.79 Å². The molecule has 5 heteroatoms. The van der Waals surface area contributed by atoms with E-state index in [0.717, 1.165) is 30.1 Å². The third-order valence-electron chi connectivity index (χ3n) is 3.75. The third kappa shape index (κ3) is 2.61. The molecular formula is C12H19IO4. The topological polar surface area (TPSA) is 44.8 Å². The third-order valence-corrected chi connectivity index (χ3v) is 5.21. The van der Waals surface area contributed by atoms with Gasteiger partial charge in [0.2, 0.25) is 0 Å². The largest absolute Gasteiger partial charge is 0.466 e. The number of hydrogen-bond donors (Lipinski definition) is 0. The highest BCUT2D eigenvalue weighted by molar-refractivity contribution is 14.1. The zero-order valence-corrected chi connectivity index (χ0v) is 12.3. The second-order valence-corrected chi connectivity index (χ2v) is 5.50. The van der Waals surface area contributed by atoms with Gasteiger partial charge in [-0.15, -0.1) is 0 Å². The van der Waals surface area contributed by atoms with Crippen molar-refractivity contribution in [1.29, 1.82) is 0 Å². The van der Waals surface area contributed by atoms with Crippen molar-refractivity contribution >= 4 is 28.6 Å². The molecule has 1 heterocycles. The van der Waals surface area contributed by atoms with Crippen molar-refractivity contribution in [3.05, 3.63) is 0 Å². The number of carbonyl (C=O) groups is 1. The fourth-order valence-corrected chi connectivity index (χ4v) is 3.65. The molecule has 0 atom stereocenters. The Labute approximate surface area is 116 Å². The smallest absolute Gasteiger partial charge is 0.312 e. The molecule has 98 valence electrons. The fraction of sp³-hybridized carbons (Fsp3) is 0.917. The van der Waals surface area contributed by atoms with E-state index in [-0.39, 0.29) is 11.4 Å². The summed E-state index contributed by atoms with van der Waals surface area (Å²) < 4.78 is 17.4. The monoisotopic (exact) mass is 354 g/mol. The first-order chi connectivity index (χ1) is 8.16. The van der Waals surface area contributed by atoms with Crippen molar-refractivity contribution in [2.75, 3.05) is 24.2 Å². The van der Waals surface area contributed by atoms with Crippen LogP contribution in [-0.4, -0.2) is 36.0 Å². The lowest BCUT2D eigenvalue weighted by atomic mass is 9.73. The summed E-state index contributed by atoms with van der Waals surface area (Å²) in [6.45, 7) is 3.66. The molecule has 1 saturated carbocycles. The maximum atomic E-state index is 12.0. The Bertz CT molecular complexity index is 276. The second-order valence-electron chi connectivity index (χ2n) is 4.74. The van der Waals surface area contributed by atoms with Gasteiger partial charge in [0.15, 0.2) is 5.79 Å². The molecule has 1 aliphatic carbocycles. The maximum absolute atomic E-state index is 12.0. The lowest BCUT2D eigenvalue weighted by Crippen LogP contribution is -2.45. The van der Waals surface area contributed by atoms with E-state index in [1.54, 1.807) is 0 Å². The molecular weight excluding hydrogens is 335 g/mol. The molecule has 2 rings (SSSR count). The number of esters is 1. The number of rotatable bonds is 3. The van der Waals surface area contributed by atoms with E-state index in [1.807, 2.05) is 6.92 Å². The van der Waals surface area contributed by atoms with Crippen molar-refractivity contribution in [3.8, 4) is 0 Å². The highest BCUT2D eigenvalue weighted by Gasteiger charge is 2.49. The summed E-state index contributed by atoms with van der Waals surface area (Å²) in [7, 11) is 0. The lowest BCUT2D eigenvalue weighted by molar-refractivity contribution is -0.196. The van der Waals surface area contributed by atoms with Gasteiger partial charge in [-0.05, 0) is 19.8 Å². The molecule has 0 radical (unpaired) electrons. The first kappa shape index (κ1) is 13.5. The highest BCUT2D eigenvalue weighted by Crippen LogP contribution is 2.46. The zero-order chi connectivity index (χ0) is 12.4. The number of carbonyl (C=O) groups excluding carboxylic acids is 1. The zero-order valence-electron chi connectivity index (χ0n) is 10.2. The van der Waals surface area contributed by atoms with Gasteiger partial charge >= 0.3 is 5.97 Å². The van der Waals surface area contributed by atoms with Gasteiger partial charge < -0.3 is 14.2 Å². The number of hydrogen-bond acceptors (Lipinski definition) is 4. The number of ether oxygens (including phenoxy) is 3. The molecule has 4 nitrogen and oxygen atoms in total. The Kier molecular flexibility index (Phi) is 4.31. The second kappa shape index (κ2) is 5.40. The molecule has 1 spiro atoms. The molecule has 2 aliphatic rings. The Morgan fingerprint density at radius 1 is 1.24 bits per heavy atom. The van der Waals surface area contributed by atoms with Crippen LogP contribution in [0.1, 0.15) is 32.6 Å². The van der Waals surface area contributed by atoms with Gasteiger partial charge in [0, 0.05) is 17.3 Å². The normalized spacial score (nSPS) is 26.0. The average Bonchev–Trinajstić information content (AvgIpc) is 2.80. The minimum absolute atomic E-state index is 0.0535. The molecule has 0 amide bonds. The van der Waals surface area contributed by atoms with Gasteiger partial charge in [-0.1, -0.05) is 22.6 Å². The minimum atomic E-state index is -0.401. The Morgan fingerprint density at radius 3 is 2.29 bits per heavy atom. The van der Waals surface area contributed by atoms with Crippen molar-refractivity contribution in [2.45, 2.75) is 38.4 Å². The van der Waals surface area contributed by atoms with Crippen LogP contribution in [-0.2, 0) is 19.0 Å². The number of alkyl halides is 1. The summed E-state index contributed by atoms with van der Waals surface area (Å²) in [5.74, 6) is -0.454. The van der Waals surface area contributed by atoms with Crippen molar-refractivity contribution in [2.24, 2.45) is 5.41 Å². The summed E-state index contributed by atoms with van der Waals surface area (Å²) >= 11 is 2.28. The van der Waals surface area contributed by atoms with E-state index in [9.17, 15) is 4.79 Å². The first-order valence-corrected chi connectivity index (χ1v) is 7.70. The summed E-state index contributed by atoms with van der Waals surface area (Å²) in [6.07, 6.45) is 3.20. The van der Waals surface area contributed by atoms with Crippen LogP contribution in [0, 0.1) is 5.41 Å². The summed E-state index contributed by atoms with van der Waals surface area (Å²) in [5.41, 5.74) is -0.322. The first-order valence-electron chi connectivity index (χ1n) is 6.17. The van der Waals surface area contributed by atoms with Crippen LogP contribution >= 0.6 is 22.6 Å². The molecule has 0 aromatic rings. The van der Waals surface area contributed by atoms with Crippen LogP contribution < -0.4 is 0 Å². The predicted molar refractivity (Wildman–Crippen MR) is 71.1 cm³/mol.